The maximum atomic E-state index is 9.78. The molecule has 1 saturated heterocycles. The zero-order valence-electron chi connectivity index (χ0n) is 5.40. The van der Waals surface area contributed by atoms with Gasteiger partial charge in [-0.1, -0.05) is 0 Å². The lowest BCUT2D eigenvalue weighted by Gasteiger charge is -2.17. The van der Waals surface area contributed by atoms with Crippen molar-refractivity contribution >= 4 is 0 Å². The Morgan fingerprint density at radius 1 is 1.60 bits per heavy atom. The zero-order chi connectivity index (χ0) is 7.61. The summed E-state index contributed by atoms with van der Waals surface area (Å²) in [6.45, 7) is 2.00. The number of rotatable bonds is 2. The van der Waals surface area contributed by atoms with Crippen LogP contribution in [-0.4, -0.2) is 24.3 Å². The first-order valence-corrected chi connectivity index (χ1v) is 2.74. The Morgan fingerprint density at radius 2 is 2.10 bits per heavy atom. The van der Waals surface area contributed by atoms with Gasteiger partial charge < -0.3 is 9.47 Å². The first-order valence-electron chi connectivity index (χ1n) is 2.74. The Balaban J connectivity index is 2.43. The second kappa shape index (κ2) is 2.39. The molecule has 1 fully saturated rings. The van der Waals surface area contributed by atoms with Gasteiger partial charge in [0.15, 0.2) is 0 Å². The number of hydrogen-bond acceptors (Lipinski definition) is 5. The van der Waals surface area contributed by atoms with E-state index in [1.54, 1.807) is 0 Å². The average molecular weight is 149 g/mol. The summed E-state index contributed by atoms with van der Waals surface area (Å²) in [5.41, 5.74) is 0. The van der Waals surface area contributed by atoms with E-state index in [0.29, 0.717) is 13.2 Å². The predicted molar refractivity (Wildman–Crippen MR) is 28.4 cm³/mol. The molecule has 0 unspecified atom stereocenters. The summed E-state index contributed by atoms with van der Waals surface area (Å²) in [6, 6.07) is 0. The van der Waals surface area contributed by atoms with Crippen LogP contribution in [0.15, 0.2) is 0 Å². The monoisotopic (exact) mass is 149 g/mol. The van der Waals surface area contributed by atoms with E-state index in [4.69, 9.17) is 9.47 Å². The molecule has 0 aromatic heterocycles. The van der Waals surface area contributed by atoms with Gasteiger partial charge in [0.2, 0.25) is 0 Å². The van der Waals surface area contributed by atoms with E-state index in [1.165, 1.54) is 6.92 Å². The molecule has 6 nitrogen and oxygen atoms in total. The van der Waals surface area contributed by atoms with Gasteiger partial charge in [-0.3, -0.25) is 0 Å². The predicted octanol–water partition coefficient (Wildman–Crippen LogP) is -0.0848. The van der Waals surface area contributed by atoms with Gasteiger partial charge in [-0.15, -0.1) is 10.1 Å². The quantitative estimate of drug-likeness (QED) is 0.405. The summed E-state index contributed by atoms with van der Waals surface area (Å²) in [6.07, 6.45) is 0. The maximum absolute atomic E-state index is 9.78. The number of hydrogen-bond donors (Lipinski definition) is 0. The van der Waals surface area contributed by atoms with Crippen LogP contribution in [0.3, 0.4) is 0 Å². The minimum atomic E-state index is -1.48. The van der Waals surface area contributed by atoms with Gasteiger partial charge in [-0.2, -0.15) is 0 Å². The van der Waals surface area contributed by atoms with E-state index in [0.717, 1.165) is 0 Å². The molecule has 6 heteroatoms. The molecule has 10 heavy (non-hydrogen) atoms. The maximum Gasteiger partial charge on any atom is 0.322 e. The van der Waals surface area contributed by atoms with Crippen molar-refractivity contribution < 1.29 is 19.4 Å². The lowest BCUT2D eigenvalue weighted by molar-refractivity contribution is -0.809. The van der Waals surface area contributed by atoms with E-state index in [9.17, 15) is 10.1 Å². The van der Waals surface area contributed by atoms with Gasteiger partial charge >= 0.3 is 5.97 Å². The average Bonchev–Trinajstić information content (AvgIpc) is 2.12. The van der Waals surface area contributed by atoms with Crippen molar-refractivity contribution in [1.82, 2.24) is 0 Å². The fraction of sp³-hybridized carbons (Fsp3) is 1.00. The van der Waals surface area contributed by atoms with E-state index >= 15 is 0 Å². The molecule has 0 bridgehead atoms. The van der Waals surface area contributed by atoms with Crippen LogP contribution in [0.2, 0.25) is 0 Å². The molecule has 0 aromatic carbocycles. The Kier molecular flexibility index (Phi) is 1.73. The van der Waals surface area contributed by atoms with Crippen molar-refractivity contribution in [2.24, 2.45) is 0 Å². The van der Waals surface area contributed by atoms with Crippen molar-refractivity contribution in [2.75, 3.05) is 13.2 Å². The van der Waals surface area contributed by atoms with Crippen LogP contribution in [0.5, 0.6) is 0 Å². The van der Waals surface area contributed by atoms with Gasteiger partial charge in [0.25, 0.3) is 5.09 Å². The molecule has 0 N–H and O–H groups in total. The lowest BCUT2D eigenvalue weighted by Crippen LogP contribution is -2.31. The van der Waals surface area contributed by atoms with Crippen LogP contribution in [0.25, 0.3) is 0 Å². The van der Waals surface area contributed by atoms with E-state index in [2.05, 4.69) is 4.84 Å². The molecular weight excluding hydrogens is 142 g/mol. The first-order chi connectivity index (χ1) is 4.62. The van der Waals surface area contributed by atoms with Crippen LogP contribution in [0, 0.1) is 10.1 Å². The van der Waals surface area contributed by atoms with Crippen LogP contribution in [0.1, 0.15) is 6.92 Å². The summed E-state index contributed by atoms with van der Waals surface area (Å²) in [7, 11) is 0. The second-order valence-corrected chi connectivity index (χ2v) is 1.87. The minimum Gasteiger partial charge on any atom is -0.327 e. The summed E-state index contributed by atoms with van der Waals surface area (Å²) in [5.74, 6) is -1.48. The van der Waals surface area contributed by atoms with E-state index < -0.39 is 11.1 Å². The van der Waals surface area contributed by atoms with Crippen molar-refractivity contribution in [3.05, 3.63) is 10.1 Å². The third kappa shape index (κ3) is 1.55. The van der Waals surface area contributed by atoms with Crippen molar-refractivity contribution in [2.45, 2.75) is 12.9 Å². The highest BCUT2D eigenvalue weighted by atomic mass is 17.1. The Morgan fingerprint density at radius 3 is 2.50 bits per heavy atom. The third-order valence-electron chi connectivity index (χ3n) is 1.05. The molecule has 58 valence electrons. The molecule has 0 aliphatic carbocycles. The molecule has 1 rings (SSSR count). The van der Waals surface area contributed by atoms with Gasteiger partial charge in [0.05, 0.1) is 13.2 Å². The summed E-state index contributed by atoms with van der Waals surface area (Å²) < 4.78 is 9.53. The van der Waals surface area contributed by atoms with Gasteiger partial charge in [-0.05, 0) is 0 Å². The second-order valence-electron chi connectivity index (χ2n) is 1.87. The van der Waals surface area contributed by atoms with E-state index in [1.807, 2.05) is 0 Å². The van der Waals surface area contributed by atoms with Crippen molar-refractivity contribution in [3.8, 4) is 0 Å². The fourth-order valence-corrected chi connectivity index (χ4v) is 0.684. The van der Waals surface area contributed by atoms with Gasteiger partial charge in [-0.25, -0.2) is 4.84 Å². The van der Waals surface area contributed by atoms with Crippen LogP contribution in [-0.2, 0) is 14.3 Å². The normalized spacial score (nSPS) is 22.5. The molecule has 0 spiro atoms. The molecule has 0 atom stereocenters. The SMILES string of the molecule is CC1(O[N+](=O)[O-])OCCO1. The largest absolute Gasteiger partial charge is 0.327 e. The highest BCUT2D eigenvalue weighted by Crippen LogP contribution is 2.19. The summed E-state index contributed by atoms with van der Waals surface area (Å²) in [4.78, 5) is 13.9. The van der Waals surface area contributed by atoms with Crippen LogP contribution >= 0.6 is 0 Å². The van der Waals surface area contributed by atoms with Crippen molar-refractivity contribution in [3.63, 3.8) is 0 Å². The van der Waals surface area contributed by atoms with Crippen LogP contribution in [0.4, 0.5) is 0 Å². The molecule has 0 amide bonds. The smallest absolute Gasteiger partial charge is 0.322 e. The highest BCUT2D eigenvalue weighted by molar-refractivity contribution is 4.51. The van der Waals surface area contributed by atoms with Crippen molar-refractivity contribution in [1.29, 1.82) is 0 Å². The lowest BCUT2D eigenvalue weighted by atomic mass is 10.7. The summed E-state index contributed by atoms with van der Waals surface area (Å²) >= 11 is 0. The summed E-state index contributed by atoms with van der Waals surface area (Å²) in [5, 5.41) is 8.84. The number of nitrogens with zero attached hydrogens (tertiary/aromatic N) is 1. The Hall–Kier alpha value is -0.880. The standard InChI is InChI=1S/C4H7NO5/c1-4(10-5(6)7)8-2-3-9-4/h2-3H2,1H3. The van der Waals surface area contributed by atoms with Crippen LogP contribution < -0.4 is 0 Å². The minimum absolute atomic E-state index is 0.324. The molecule has 1 aliphatic rings. The Bertz CT molecular complexity index is 141. The molecule has 0 saturated carbocycles. The first kappa shape index (κ1) is 7.23. The zero-order valence-corrected chi connectivity index (χ0v) is 5.40. The molecular formula is C4H7NO5. The van der Waals surface area contributed by atoms with Gasteiger partial charge in [0, 0.05) is 6.92 Å². The molecule has 1 heterocycles. The molecule has 0 radical (unpaired) electrons. The van der Waals surface area contributed by atoms with E-state index in [-0.39, 0.29) is 0 Å². The fourth-order valence-electron chi connectivity index (χ4n) is 0.684. The highest BCUT2D eigenvalue weighted by Gasteiger charge is 2.35. The van der Waals surface area contributed by atoms with Gasteiger partial charge in [0.1, 0.15) is 0 Å². The topological polar surface area (TPSA) is 70.8 Å². The Labute approximate surface area is 56.8 Å². The number of ether oxygens (including phenoxy) is 2. The molecule has 1 aliphatic heterocycles. The third-order valence-corrected chi connectivity index (χ3v) is 1.05. The molecule has 0 aromatic rings.